The van der Waals surface area contributed by atoms with Crippen LogP contribution in [0.15, 0.2) is 23.8 Å². The smallest absolute Gasteiger partial charge is 0.257 e. The van der Waals surface area contributed by atoms with Crippen LogP contribution in [0.2, 0.25) is 0 Å². The Labute approximate surface area is 127 Å². The average Bonchev–Trinajstić information content (AvgIpc) is 3.09. The second-order valence-electron chi connectivity index (χ2n) is 6.62. The van der Waals surface area contributed by atoms with E-state index in [2.05, 4.69) is 13.5 Å². The van der Waals surface area contributed by atoms with Crippen molar-refractivity contribution in [2.45, 2.75) is 51.9 Å². The number of carbonyl (C=O) groups is 2. The summed E-state index contributed by atoms with van der Waals surface area (Å²) in [5.41, 5.74) is 2.20. The van der Waals surface area contributed by atoms with Gasteiger partial charge in [0, 0.05) is 12.1 Å². The largest absolute Gasteiger partial charge is 0.274 e. The van der Waals surface area contributed by atoms with E-state index in [-0.39, 0.29) is 17.7 Å². The number of rotatable bonds is 7. The van der Waals surface area contributed by atoms with Gasteiger partial charge in [-0.25, -0.2) is 0 Å². The van der Waals surface area contributed by atoms with Gasteiger partial charge in [0.2, 0.25) is 5.91 Å². The molecular formula is C18H25NO2. The maximum absolute atomic E-state index is 12.5. The molecule has 1 saturated carbocycles. The van der Waals surface area contributed by atoms with E-state index in [1.54, 1.807) is 6.08 Å². The molecule has 3 aliphatic rings. The second-order valence-corrected chi connectivity index (χ2v) is 6.62. The lowest BCUT2D eigenvalue weighted by molar-refractivity contribution is -0.139. The fraction of sp³-hybridized carbons (Fsp3) is 0.667. The molecule has 0 spiro atoms. The molecule has 0 aromatic rings. The van der Waals surface area contributed by atoms with Crippen molar-refractivity contribution in [1.29, 1.82) is 0 Å². The fourth-order valence-electron chi connectivity index (χ4n) is 4.59. The normalized spacial score (nSPS) is 30.5. The lowest BCUT2D eigenvalue weighted by Gasteiger charge is -2.20. The Kier molecular flexibility index (Phi) is 4.01. The van der Waals surface area contributed by atoms with Crippen LogP contribution in [0.3, 0.4) is 0 Å². The van der Waals surface area contributed by atoms with Crippen LogP contribution in [0.1, 0.15) is 51.9 Å². The van der Waals surface area contributed by atoms with E-state index < -0.39 is 0 Å². The van der Waals surface area contributed by atoms with Gasteiger partial charge in [-0.2, -0.15) is 0 Å². The van der Waals surface area contributed by atoms with Crippen molar-refractivity contribution < 1.29 is 9.59 Å². The van der Waals surface area contributed by atoms with Crippen molar-refractivity contribution in [3.05, 3.63) is 23.8 Å². The molecule has 2 amide bonds. The van der Waals surface area contributed by atoms with Gasteiger partial charge in [0.15, 0.2) is 0 Å². The van der Waals surface area contributed by atoms with Crippen molar-refractivity contribution in [2.75, 3.05) is 6.54 Å². The molecule has 1 heterocycles. The number of nitrogens with zero attached hydrogens (tertiary/aromatic N) is 1. The molecule has 3 nitrogen and oxygen atoms in total. The molecule has 2 fully saturated rings. The van der Waals surface area contributed by atoms with E-state index in [0.717, 1.165) is 18.4 Å². The lowest BCUT2D eigenvalue weighted by Crippen LogP contribution is -2.33. The Morgan fingerprint density at radius 2 is 2.10 bits per heavy atom. The van der Waals surface area contributed by atoms with E-state index in [0.29, 0.717) is 18.4 Å². The van der Waals surface area contributed by atoms with Crippen LogP contribution in [-0.2, 0) is 9.59 Å². The maximum Gasteiger partial charge on any atom is 0.257 e. The number of amides is 2. The van der Waals surface area contributed by atoms with Crippen LogP contribution >= 0.6 is 0 Å². The molecule has 3 unspecified atom stereocenters. The molecule has 0 aromatic heterocycles. The molecule has 0 aromatic carbocycles. The SMILES string of the molecule is C=CCN1C(=O)C2=C3CCC(C3CCCCCC)C2C1=O. The minimum absolute atomic E-state index is 0.0272. The first kappa shape index (κ1) is 14.6. The quantitative estimate of drug-likeness (QED) is 0.408. The molecule has 3 atom stereocenters. The van der Waals surface area contributed by atoms with Crippen LogP contribution in [-0.4, -0.2) is 23.3 Å². The van der Waals surface area contributed by atoms with Crippen molar-refractivity contribution in [1.82, 2.24) is 4.90 Å². The van der Waals surface area contributed by atoms with Crippen LogP contribution in [0.4, 0.5) is 0 Å². The van der Waals surface area contributed by atoms with Gasteiger partial charge >= 0.3 is 0 Å². The molecule has 2 bridgehead atoms. The number of hydrogen-bond donors (Lipinski definition) is 0. The number of likely N-dealkylation sites (tertiary alicyclic amines) is 1. The Bertz CT molecular complexity index is 505. The number of unbranched alkanes of at least 4 members (excludes halogenated alkanes) is 3. The van der Waals surface area contributed by atoms with Gasteiger partial charge in [-0.05, 0) is 31.1 Å². The zero-order chi connectivity index (χ0) is 15.0. The van der Waals surface area contributed by atoms with E-state index in [1.165, 1.54) is 42.6 Å². The van der Waals surface area contributed by atoms with Crippen molar-refractivity contribution in [3.63, 3.8) is 0 Å². The average molecular weight is 287 g/mol. The number of allylic oxidation sites excluding steroid dienone is 1. The molecule has 2 aliphatic carbocycles. The Morgan fingerprint density at radius 1 is 1.29 bits per heavy atom. The highest BCUT2D eigenvalue weighted by molar-refractivity contribution is 6.16. The molecule has 0 radical (unpaired) electrons. The molecule has 1 saturated heterocycles. The van der Waals surface area contributed by atoms with E-state index in [1.807, 2.05) is 0 Å². The topological polar surface area (TPSA) is 37.4 Å². The zero-order valence-corrected chi connectivity index (χ0v) is 12.9. The number of imide groups is 1. The van der Waals surface area contributed by atoms with Crippen molar-refractivity contribution in [2.24, 2.45) is 17.8 Å². The van der Waals surface area contributed by atoms with Gasteiger partial charge in [0.05, 0.1) is 5.92 Å². The summed E-state index contributed by atoms with van der Waals surface area (Å²) in [5, 5.41) is 0. The molecule has 3 heteroatoms. The lowest BCUT2D eigenvalue weighted by atomic mass is 9.84. The van der Waals surface area contributed by atoms with Crippen LogP contribution < -0.4 is 0 Å². The maximum atomic E-state index is 12.5. The summed E-state index contributed by atoms with van der Waals surface area (Å²) in [6, 6.07) is 0. The molecule has 1 aliphatic heterocycles. The highest BCUT2D eigenvalue weighted by atomic mass is 16.2. The highest BCUT2D eigenvalue weighted by Crippen LogP contribution is 2.57. The van der Waals surface area contributed by atoms with Crippen molar-refractivity contribution >= 4 is 11.8 Å². The summed E-state index contributed by atoms with van der Waals surface area (Å²) in [4.78, 5) is 26.4. The van der Waals surface area contributed by atoms with Gasteiger partial charge < -0.3 is 0 Å². The number of fused-ring (bicyclic) bond motifs is 4. The minimum Gasteiger partial charge on any atom is -0.274 e. The number of hydrogen-bond acceptors (Lipinski definition) is 2. The van der Waals surface area contributed by atoms with Crippen molar-refractivity contribution in [3.8, 4) is 0 Å². The first-order chi connectivity index (χ1) is 10.2. The summed E-state index contributed by atoms with van der Waals surface area (Å²) in [6.07, 6.45) is 10.00. The molecule has 0 N–H and O–H groups in total. The summed E-state index contributed by atoms with van der Waals surface area (Å²) >= 11 is 0. The third kappa shape index (κ3) is 2.18. The van der Waals surface area contributed by atoms with Gasteiger partial charge in [-0.15, -0.1) is 6.58 Å². The summed E-state index contributed by atoms with van der Waals surface area (Å²) in [7, 11) is 0. The predicted octanol–water partition coefficient (Wildman–Crippen LogP) is 3.46. The predicted molar refractivity (Wildman–Crippen MR) is 82.4 cm³/mol. The first-order valence-electron chi connectivity index (χ1n) is 8.40. The van der Waals surface area contributed by atoms with Crippen LogP contribution in [0, 0.1) is 17.8 Å². The molecular weight excluding hydrogens is 262 g/mol. The first-order valence-corrected chi connectivity index (χ1v) is 8.40. The second kappa shape index (κ2) is 5.78. The summed E-state index contributed by atoms with van der Waals surface area (Å²) in [5.74, 6) is 0.815. The van der Waals surface area contributed by atoms with Crippen LogP contribution in [0.25, 0.3) is 0 Å². The van der Waals surface area contributed by atoms with Gasteiger partial charge in [-0.1, -0.05) is 44.3 Å². The van der Waals surface area contributed by atoms with E-state index >= 15 is 0 Å². The minimum atomic E-state index is -0.114. The van der Waals surface area contributed by atoms with Gasteiger partial charge in [0.25, 0.3) is 5.91 Å². The molecule has 114 valence electrons. The fourth-order valence-corrected chi connectivity index (χ4v) is 4.59. The highest BCUT2D eigenvalue weighted by Gasteiger charge is 2.57. The van der Waals surface area contributed by atoms with Gasteiger partial charge in [-0.3, -0.25) is 14.5 Å². The number of carbonyl (C=O) groups excluding carboxylic acids is 2. The third-order valence-corrected chi connectivity index (χ3v) is 5.48. The Balaban J connectivity index is 1.76. The van der Waals surface area contributed by atoms with E-state index in [4.69, 9.17) is 0 Å². The molecule has 21 heavy (non-hydrogen) atoms. The Hall–Kier alpha value is -1.38. The van der Waals surface area contributed by atoms with Crippen LogP contribution in [0.5, 0.6) is 0 Å². The van der Waals surface area contributed by atoms with Gasteiger partial charge in [0.1, 0.15) is 0 Å². The summed E-state index contributed by atoms with van der Waals surface area (Å²) < 4.78 is 0. The Morgan fingerprint density at radius 3 is 2.76 bits per heavy atom. The summed E-state index contributed by atoms with van der Waals surface area (Å²) in [6.45, 7) is 6.23. The zero-order valence-electron chi connectivity index (χ0n) is 12.9. The standard InChI is InChI=1S/C18H25NO2/c1-3-5-6-7-8-12-13-9-10-14(12)16-15(13)17(20)19(11-4-2)18(16)21/h4,12-13,15H,2-3,5-11H2,1H3. The van der Waals surface area contributed by atoms with E-state index in [9.17, 15) is 9.59 Å². The third-order valence-electron chi connectivity index (χ3n) is 5.48. The molecule has 3 rings (SSSR count). The monoisotopic (exact) mass is 287 g/mol.